The van der Waals surface area contributed by atoms with Gasteiger partial charge < -0.3 is 14.1 Å². The summed E-state index contributed by atoms with van der Waals surface area (Å²) in [6.45, 7) is 5.17. The quantitative estimate of drug-likeness (QED) is 0.796. The number of carbonyl (C=O) groups excluding carboxylic acids is 1. The second kappa shape index (κ2) is 5.69. The van der Waals surface area contributed by atoms with Crippen LogP contribution < -0.4 is 0 Å². The maximum Gasteiger partial charge on any atom is 0.246 e. The van der Waals surface area contributed by atoms with Gasteiger partial charge in [-0.3, -0.25) is 4.79 Å². The van der Waals surface area contributed by atoms with Gasteiger partial charge >= 0.3 is 0 Å². The summed E-state index contributed by atoms with van der Waals surface area (Å²) in [6.07, 6.45) is 3.26. The first-order valence-corrected chi connectivity index (χ1v) is 7.10. The zero-order chi connectivity index (χ0) is 14.8. The van der Waals surface area contributed by atoms with Gasteiger partial charge in [0.15, 0.2) is 5.58 Å². The summed E-state index contributed by atoms with van der Waals surface area (Å²) >= 11 is 0. The van der Waals surface area contributed by atoms with Crippen LogP contribution in [0.4, 0.5) is 0 Å². The van der Waals surface area contributed by atoms with Gasteiger partial charge in [-0.1, -0.05) is 12.1 Å². The summed E-state index contributed by atoms with van der Waals surface area (Å²) in [5.74, 6) is 0.401. The van der Waals surface area contributed by atoms with Gasteiger partial charge in [0.1, 0.15) is 5.52 Å². The van der Waals surface area contributed by atoms with Crippen LogP contribution in [0.1, 0.15) is 19.7 Å². The van der Waals surface area contributed by atoms with Gasteiger partial charge in [-0.2, -0.15) is 0 Å². The molecule has 0 bridgehead atoms. The van der Waals surface area contributed by atoms with Crippen molar-refractivity contribution in [2.75, 3.05) is 13.1 Å². The van der Waals surface area contributed by atoms with Crippen molar-refractivity contribution in [3.05, 3.63) is 36.2 Å². The third kappa shape index (κ3) is 3.13. The molecule has 1 aromatic heterocycles. The highest BCUT2D eigenvalue weighted by Crippen LogP contribution is 2.16. The number of aromatic nitrogens is 1. The summed E-state index contributed by atoms with van der Waals surface area (Å²) < 4.78 is 11.2. The highest BCUT2D eigenvalue weighted by molar-refractivity contribution is 5.91. The second-order valence-electron chi connectivity index (χ2n) is 5.35. The molecule has 2 atom stereocenters. The van der Waals surface area contributed by atoms with E-state index in [2.05, 4.69) is 4.98 Å². The molecule has 1 amide bonds. The third-order valence-electron chi connectivity index (χ3n) is 3.41. The zero-order valence-corrected chi connectivity index (χ0v) is 12.2. The lowest BCUT2D eigenvalue weighted by atomic mass is 10.2. The van der Waals surface area contributed by atoms with Crippen molar-refractivity contribution in [3.63, 3.8) is 0 Å². The number of morpholine rings is 1. The van der Waals surface area contributed by atoms with Crippen LogP contribution in [0, 0.1) is 0 Å². The predicted octanol–water partition coefficient (Wildman–Crippen LogP) is 2.48. The molecule has 5 nitrogen and oxygen atoms in total. The van der Waals surface area contributed by atoms with Crippen LogP contribution in [-0.4, -0.2) is 41.1 Å². The van der Waals surface area contributed by atoms with Crippen molar-refractivity contribution in [1.29, 1.82) is 0 Å². The first-order valence-electron chi connectivity index (χ1n) is 7.10. The lowest BCUT2D eigenvalue weighted by Gasteiger charge is -2.34. The number of carbonyl (C=O) groups is 1. The van der Waals surface area contributed by atoms with E-state index in [1.807, 2.05) is 38.1 Å². The van der Waals surface area contributed by atoms with Gasteiger partial charge in [-0.15, -0.1) is 0 Å². The number of nitrogens with zero attached hydrogens (tertiary/aromatic N) is 2. The molecule has 0 spiro atoms. The number of oxazole rings is 1. The minimum Gasteiger partial charge on any atom is -0.437 e. The number of hydrogen-bond acceptors (Lipinski definition) is 4. The van der Waals surface area contributed by atoms with E-state index in [1.165, 1.54) is 6.08 Å². The summed E-state index contributed by atoms with van der Waals surface area (Å²) in [7, 11) is 0. The molecule has 1 fully saturated rings. The molecule has 2 aromatic rings. The Morgan fingerprint density at radius 2 is 2.00 bits per heavy atom. The predicted molar refractivity (Wildman–Crippen MR) is 79.6 cm³/mol. The van der Waals surface area contributed by atoms with Crippen molar-refractivity contribution in [1.82, 2.24) is 9.88 Å². The average Bonchev–Trinajstić information content (AvgIpc) is 2.86. The summed E-state index contributed by atoms with van der Waals surface area (Å²) in [5.41, 5.74) is 1.51. The second-order valence-corrected chi connectivity index (χ2v) is 5.35. The third-order valence-corrected chi connectivity index (χ3v) is 3.41. The van der Waals surface area contributed by atoms with Crippen LogP contribution in [0.2, 0.25) is 0 Å². The SMILES string of the molecule is CC1CN(C(=O)C=Cc2nc3ccccc3o2)CC(C)O1. The van der Waals surface area contributed by atoms with Crippen LogP contribution >= 0.6 is 0 Å². The van der Waals surface area contributed by atoms with Gasteiger partial charge in [-0.25, -0.2) is 4.98 Å². The van der Waals surface area contributed by atoms with Gasteiger partial charge in [-0.05, 0) is 26.0 Å². The first kappa shape index (κ1) is 13.8. The summed E-state index contributed by atoms with van der Waals surface area (Å²) in [6, 6.07) is 7.53. The Balaban J connectivity index is 1.71. The van der Waals surface area contributed by atoms with Crippen LogP contribution in [0.3, 0.4) is 0 Å². The minimum atomic E-state index is -0.0424. The molecule has 0 saturated carbocycles. The molecule has 1 aliphatic rings. The fourth-order valence-electron chi connectivity index (χ4n) is 2.57. The monoisotopic (exact) mass is 286 g/mol. The van der Waals surface area contributed by atoms with E-state index in [-0.39, 0.29) is 18.1 Å². The van der Waals surface area contributed by atoms with Gasteiger partial charge in [0.05, 0.1) is 12.2 Å². The van der Waals surface area contributed by atoms with E-state index >= 15 is 0 Å². The molecule has 1 aromatic carbocycles. The zero-order valence-electron chi connectivity index (χ0n) is 12.2. The fourth-order valence-corrected chi connectivity index (χ4v) is 2.57. The maximum atomic E-state index is 12.2. The van der Waals surface area contributed by atoms with Gasteiger partial charge in [0.25, 0.3) is 0 Å². The Morgan fingerprint density at radius 1 is 1.29 bits per heavy atom. The molecule has 3 rings (SSSR count). The highest BCUT2D eigenvalue weighted by Gasteiger charge is 2.24. The smallest absolute Gasteiger partial charge is 0.246 e. The molecule has 0 aliphatic carbocycles. The topological polar surface area (TPSA) is 55.6 Å². The van der Waals surface area contributed by atoms with E-state index in [0.717, 1.165) is 11.1 Å². The molecular weight excluding hydrogens is 268 g/mol. The van der Waals surface area contributed by atoms with Gasteiger partial charge in [0, 0.05) is 25.2 Å². The molecule has 1 saturated heterocycles. The Hall–Kier alpha value is -2.14. The summed E-state index contributed by atoms with van der Waals surface area (Å²) in [4.78, 5) is 18.3. The van der Waals surface area contributed by atoms with Gasteiger partial charge in [0.2, 0.25) is 11.8 Å². The lowest BCUT2D eigenvalue weighted by molar-refractivity contribution is -0.137. The molecule has 5 heteroatoms. The molecule has 2 heterocycles. The Morgan fingerprint density at radius 3 is 2.71 bits per heavy atom. The molecular formula is C16H18N2O3. The average molecular weight is 286 g/mol. The summed E-state index contributed by atoms with van der Waals surface area (Å²) in [5, 5.41) is 0. The van der Waals surface area contributed by atoms with Crippen LogP contribution in [0.15, 0.2) is 34.8 Å². The molecule has 0 radical (unpaired) electrons. The molecule has 110 valence electrons. The fraction of sp³-hybridized carbons (Fsp3) is 0.375. The van der Waals surface area contributed by atoms with Crippen molar-refractivity contribution >= 4 is 23.1 Å². The number of para-hydroxylation sites is 2. The van der Waals surface area contributed by atoms with E-state index in [1.54, 1.807) is 11.0 Å². The highest BCUT2D eigenvalue weighted by atomic mass is 16.5. The Labute approximate surface area is 123 Å². The standard InChI is InChI=1S/C16H18N2O3/c1-11-9-18(10-12(2)20-11)16(19)8-7-15-17-13-5-3-4-6-14(13)21-15/h3-8,11-12H,9-10H2,1-2H3. The van der Waals surface area contributed by atoms with Crippen molar-refractivity contribution in [3.8, 4) is 0 Å². The molecule has 2 unspecified atom stereocenters. The molecule has 21 heavy (non-hydrogen) atoms. The van der Waals surface area contributed by atoms with Crippen LogP contribution in [-0.2, 0) is 9.53 Å². The van der Waals surface area contributed by atoms with E-state index < -0.39 is 0 Å². The molecule has 0 N–H and O–H groups in total. The number of fused-ring (bicyclic) bond motifs is 1. The Bertz CT molecular complexity index is 634. The maximum absolute atomic E-state index is 12.2. The molecule has 1 aliphatic heterocycles. The van der Waals surface area contributed by atoms with Crippen LogP contribution in [0.25, 0.3) is 17.2 Å². The number of ether oxygens (including phenoxy) is 1. The van der Waals surface area contributed by atoms with E-state index in [0.29, 0.717) is 19.0 Å². The minimum absolute atomic E-state index is 0.0424. The van der Waals surface area contributed by atoms with Crippen molar-refractivity contribution in [2.24, 2.45) is 0 Å². The first-order chi connectivity index (χ1) is 10.1. The van der Waals surface area contributed by atoms with Crippen LogP contribution in [0.5, 0.6) is 0 Å². The van der Waals surface area contributed by atoms with E-state index in [9.17, 15) is 4.79 Å². The number of rotatable bonds is 2. The number of hydrogen-bond donors (Lipinski definition) is 0. The largest absolute Gasteiger partial charge is 0.437 e. The number of benzene rings is 1. The van der Waals surface area contributed by atoms with Crippen molar-refractivity contribution in [2.45, 2.75) is 26.1 Å². The Kier molecular flexibility index (Phi) is 3.75. The number of amides is 1. The van der Waals surface area contributed by atoms with Crippen molar-refractivity contribution < 1.29 is 13.9 Å². The normalized spacial score (nSPS) is 23.0. The lowest BCUT2D eigenvalue weighted by Crippen LogP contribution is -2.47. The van der Waals surface area contributed by atoms with E-state index in [4.69, 9.17) is 9.15 Å².